The van der Waals surface area contributed by atoms with Crippen LogP contribution in [0.2, 0.25) is 0 Å². The van der Waals surface area contributed by atoms with Crippen LogP contribution >= 0.6 is 22.7 Å². The largest absolute Gasteiger partial charge is 0.494 e. The molecule has 4 aromatic heterocycles. The van der Waals surface area contributed by atoms with Crippen LogP contribution in [0.5, 0.6) is 11.5 Å². The third kappa shape index (κ3) is 15.5. The number of likely N-dealkylation sites (tertiary alicyclic amines) is 2. The zero-order chi connectivity index (χ0) is 61.8. The summed E-state index contributed by atoms with van der Waals surface area (Å²) in [6.45, 7) is 13.3. The molecule has 0 spiro atoms. The van der Waals surface area contributed by atoms with Gasteiger partial charge >= 0.3 is 11.9 Å². The summed E-state index contributed by atoms with van der Waals surface area (Å²) in [6, 6.07) is 35.4. The molecule has 4 aliphatic heterocycles. The van der Waals surface area contributed by atoms with Crippen LogP contribution in [0.15, 0.2) is 130 Å². The number of ether oxygens (including phenoxy) is 4. The highest BCUT2D eigenvalue weighted by Gasteiger charge is 2.42. The summed E-state index contributed by atoms with van der Waals surface area (Å²) < 4.78 is 29.0. The van der Waals surface area contributed by atoms with E-state index in [1.54, 1.807) is 34.8 Å². The molecule has 8 aromatic rings. The molecule has 12 rings (SSSR count). The second kappa shape index (κ2) is 29.9. The first kappa shape index (κ1) is 62.4. The number of unbranched alkanes of at least 4 members (excludes halogenated alkanes) is 4. The van der Waals surface area contributed by atoms with Gasteiger partial charge in [-0.2, -0.15) is 0 Å². The number of amides is 2. The van der Waals surface area contributed by atoms with Gasteiger partial charge in [0.1, 0.15) is 11.5 Å². The minimum Gasteiger partial charge on any atom is -0.494 e. The molecule has 0 aliphatic carbocycles. The number of nitrogens with zero attached hydrogens (tertiary/aromatic N) is 8. The van der Waals surface area contributed by atoms with Gasteiger partial charge in [-0.3, -0.25) is 47.7 Å². The Morgan fingerprint density at radius 2 is 0.856 bits per heavy atom. The molecule has 0 N–H and O–H groups in total. The molecule has 4 saturated heterocycles. The molecule has 4 aromatic carbocycles. The van der Waals surface area contributed by atoms with E-state index in [1.807, 2.05) is 46.2 Å². The van der Waals surface area contributed by atoms with Gasteiger partial charge in [0.05, 0.1) is 24.2 Å². The molecule has 0 atom stereocenters. The Morgan fingerprint density at radius 1 is 0.444 bits per heavy atom. The lowest BCUT2D eigenvalue weighted by Crippen LogP contribution is -2.46. The molecule has 90 heavy (non-hydrogen) atoms. The highest BCUT2D eigenvalue weighted by molar-refractivity contribution is 7.17. The number of aromatic nitrogens is 2. The second-order valence-electron chi connectivity index (χ2n) is 24.5. The van der Waals surface area contributed by atoms with E-state index in [2.05, 4.69) is 78.9 Å². The lowest BCUT2D eigenvalue weighted by atomic mass is 10.0. The van der Waals surface area contributed by atoms with Gasteiger partial charge < -0.3 is 38.5 Å². The van der Waals surface area contributed by atoms with Gasteiger partial charge in [0, 0.05) is 172 Å². The average molecular weight is 1260 g/mol. The number of pyridine rings is 2. The third-order valence-electron chi connectivity index (χ3n) is 18.5. The fourth-order valence-electron chi connectivity index (χ4n) is 13.4. The molecule has 0 radical (unpaired) electrons. The van der Waals surface area contributed by atoms with Crippen molar-refractivity contribution in [1.29, 1.82) is 0 Å². The first-order valence-electron chi connectivity index (χ1n) is 32.3. The summed E-state index contributed by atoms with van der Waals surface area (Å²) in [5.74, 6) is 0.966. The Kier molecular flexibility index (Phi) is 20.7. The number of hydrogen-bond acceptors (Lipinski definition) is 16. The lowest BCUT2D eigenvalue weighted by Gasteiger charge is -2.36. The predicted molar refractivity (Wildman–Crippen MR) is 356 cm³/mol. The molecular weight excluding hydrogens is 1180 g/mol. The summed E-state index contributed by atoms with van der Waals surface area (Å²) in [7, 11) is 0. The minimum absolute atomic E-state index is 0.0469. The number of rotatable bonds is 28. The Balaban J connectivity index is 0.491. The standard InChI is InChI=1S/C70H82N8O10S2/c79-65(15-1-3-17-69(83)87-49-77-61-43-55(23-19-51(61)21-25-67(77)81)85-39-7-5-29-71-31-35-73(36-32-71)59-11-9-13-63-57(59)27-41-89-63)75-45-53-47-76(48-54(53)46-75)66(80)16-2-4-18-70(84)88-50-78-62-44-56(24-20-52(62)22-26-68(78)82)86-40-8-6-30-72-33-37-74(38-34-72)60-12-10-14-64-58(60)28-42-90-64/h9-14,19-28,41-44,53-54H,1-8,15-18,29-40,45-50H2. The van der Waals surface area contributed by atoms with E-state index in [0.29, 0.717) is 100 Å². The fraction of sp³-hybridized carbons (Fsp3) is 0.457. The van der Waals surface area contributed by atoms with Crippen molar-refractivity contribution in [3.8, 4) is 11.5 Å². The molecular formula is C70H82N8O10S2. The predicted octanol–water partition coefficient (Wildman–Crippen LogP) is 10.4. The Bertz CT molecular complexity index is 3660. The van der Waals surface area contributed by atoms with Crippen LogP contribution in [0, 0.1) is 11.8 Å². The van der Waals surface area contributed by atoms with E-state index in [9.17, 15) is 28.8 Å². The third-order valence-corrected chi connectivity index (χ3v) is 20.3. The van der Waals surface area contributed by atoms with Gasteiger partial charge in [-0.15, -0.1) is 22.7 Å². The van der Waals surface area contributed by atoms with Crippen molar-refractivity contribution in [1.82, 2.24) is 28.7 Å². The zero-order valence-corrected chi connectivity index (χ0v) is 53.0. The smallest absolute Gasteiger partial charge is 0.307 e. The molecule has 0 unspecified atom stereocenters. The quantitative estimate of drug-likeness (QED) is 0.0335. The van der Waals surface area contributed by atoms with Crippen molar-refractivity contribution in [2.24, 2.45) is 11.8 Å². The van der Waals surface area contributed by atoms with Gasteiger partial charge in [0.2, 0.25) is 11.8 Å². The van der Waals surface area contributed by atoms with Crippen LogP contribution in [0.1, 0.15) is 77.0 Å². The van der Waals surface area contributed by atoms with E-state index in [-0.39, 0.29) is 61.1 Å². The van der Waals surface area contributed by atoms with Gasteiger partial charge in [-0.1, -0.05) is 12.1 Å². The average Bonchev–Trinajstić information content (AvgIpc) is 1.48. The second-order valence-corrected chi connectivity index (χ2v) is 26.3. The molecule has 18 nitrogen and oxygen atoms in total. The number of piperazine rings is 2. The number of carbonyl (C=O) groups is 4. The van der Waals surface area contributed by atoms with E-state index in [4.69, 9.17) is 18.9 Å². The number of thiophene rings is 2. The number of hydrogen-bond donors (Lipinski definition) is 0. The van der Waals surface area contributed by atoms with Crippen molar-refractivity contribution in [3.63, 3.8) is 0 Å². The maximum absolute atomic E-state index is 13.3. The summed E-state index contributed by atoms with van der Waals surface area (Å²) in [5, 5.41) is 8.69. The highest BCUT2D eigenvalue weighted by atomic mass is 32.1. The zero-order valence-electron chi connectivity index (χ0n) is 51.4. The lowest BCUT2D eigenvalue weighted by molar-refractivity contribution is -0.148. The van der Waals surface area contributed by atoms with Crippen molar-refractivity contribution >= 4 is 99.8 Å². The van der Waals surface area contributed by atoms with Crippen LogP contribution in [-0.4, -0.2) is 157 Å². The molecule has 0 saturated carbocycles. The van der Waals surface area contributed by atoms with E-state index in [1.165, 1.54) is 52.8 Å². The Morgan fingerprint density at radius 3 is 1.29 bits per heavy atom. The number of benzene rings is 4. The topological polar surface area (TPSA) is 169 Å². The molecule has 20 heteroatoms. The number of anilines is 2. The van der Waals surface area contributed by atoms with Crippen LogP contribution < -0.4 is 30.4 Å². The van der Waals surface area contributed by atoms with Gasteiger partial charge in [0.25, 0.3) is 11.1 Å². The molecule has 2 amide bonds. The minimum atomic E-state index is -0.433. The number of carbonyl (C=O) groups excluding carboxylic acids is 4. The summed E-state index contributed by atoms with van der Waals surface area (Å²) in [6.07, 6.45) is 6.77. The number of esters is 2. The number of fused-ring (bicyclic) bond motifs is 5. The highest BCUT2D eigenvalue weighted by Crippen LogP contribution is 2.35. The molecule has 0 bridgehead atoms. The SMILES string of the molecule is O=C(CCCCC(=O)N1CC2CN(C(=O)CCCCC(=O)OCn3c(=O)ccc4ccc(OCCCCN5CCN(c6cccc7sccc67)CC5)cc43)CC2C1)OCn1c(=O)ccc2ccc(OCCCCN3CCN(c4cccc5sccc45)CC3)cc21. The summed E-state index contributed by atoms with van der Waals surface area (Å²) in [5.41, 5.74) is 3.37. The van der Waals surface area contributed by atoms with Gasteiger partial charge in [-0.05, 0) is 159 Å². The van der Waals surface area contributed by atoms with E-state index < -0.39 is 11.9 Å². The normalized spacial score (nSPS) is 17.2. The van der Waals surface area contributed by atoms with E-state index in [0.717, 1.165) is 102 Å². The van der Waals surface area contributed by atoms with Crippen LogP contribution in [0.25, 0.3) is 42.0 Å². The van der Waals surface area contributed by atoms with Gasteiger partial charge in [-0.25, -0.2) is 0 Å². The molecule has 4 aliphatic rings. The Hall–Kier alpha value is -7.78. The molecule has 8 heterocycles. The van der Waals surface area contributed by atoms with Gasteiger partial charge in [0.15, 0.2) is 13.5 Å². The first-order chi connectivity index (χ1) is 44.1. The fourth-order valence-corrected chi connectivity index (χ4v) is 15.0. The van der Waals surface area contributed by atoms with Crippen LogP contribution in [0.3, 0.4) is 0 Å². The van der Waals surface area contributed by atoms with Crippen molar-refractivity contribution in [3.05, 3.63) is 141 Å². The maximum atomic E-state index is 13.3. The van der Waals surface area contributed by atoms with Crippen molar-refractivity contribution in [2.45, 2.75) is 90.5 Å². The van der Waals surface area contributed by atoms with Crippen molar-refractivity contribution in [2.75, 3.05) is 115 Å². The van der Waals surface area contributed by atoms with Crippen molar-refractivity contribution < 1.29 is 38.1 Å². The summed E-state index contributed by atoms with van der Waals surface area (Å²) in [4.78, 5) is 92.2. The Labute approximate surface area is 533 Å². The van der Waals surface area contributed by atoms with Crippen LogP contribution in [0.4, 0.5) is 11.4 Å². The van der Waals surface area contributed by atoms with Crippen LogP contribution in [-0.2, 0) is 42.1 Å². The maximum Gasteiger partial charge on any atom is 0.307 e. The van der Waals surface area contributed by atoms with E-state index >= 15 is 0 Å². The molecule has 474 valence electrons. The monoisotopic (exact) mass is 1260 g/mol. The molecule has 4 fully saturated rings. The first-order valence-corrected chi connectivity index (χ1v) is 34.1. The summed E-state index contributed by atoms with van der Waals surface area (Å²) >= 11 is 3.58.